The summed E-state index contributed by atoms with van der Waals surface area (Å²) in [4.78, 5) is 142. The number of anilines is 1. The number of likely N-dealkylation sites (N-methyl/N-ethyl adjacent to an activating group) is 1. The molecule has 134 heavy (non-hydrogen) atoms. The van der Waals surface area contributed by atoms with Gasteiger partial charge in [-0.1, -0.05) is 75.2 Å². The first kappa shape index (κ1) is 111. The number of amides is 8. The molecule has 2 aromatic carbocycles. The van der Waals surface area contributed by atoms with Crippen LogP contribution in [0.1, 0.15) is 103 Å². The van der Waals surface area contributed by atoms with Gasteiger partial charge in [0.15, 0.2) is 35.5 Å². The first-order chi connectivity index (χ1) is 63.8. The highest BCUT2D eigenvalue weighted by atomic mass is 127. The fraction of sp³-hybridized carbons (Fsp3) is 0.655. The van der Waals surface area contributed by atoms with Crippen LogP contribution in [0.15, 0.2) is 48.1 Å². The molecule has 6 aliphatic rings. The number of thioether (sulfide) groups is 1. The van der Waals surface area contributed by atoms with E-state index >= 15 is 0 Å². The van der Waals surface area contributed by atoms with Crippen LogP contribution >= 0.6 is 55.9 Å². The largest absolute Gasteiger partial charge is 0.492 e. The molecule has 19 unspecified atom stereocenters. The van der Waals surface area contributed by atoms with Crippen LogP contribution in [-0.2, 0) is 107 Å². The van der Waals surface area contributed by atoms with E-state index < -0.39 is 222 Å². The second-order valence-electron chi connectivity index (χ2n) is 32.6. The van der Waals surface area contributed by atoms with Gasteiger partial charge in [0.05, 0.1) is 151 Å². The van der Waals surface area contributed by atoms with Crippen LogP contribution in [0.4, 0.5) is 15.3 Å². The lowest BCUT2D eigenvalue weighted by Crippen LogP contribution is -2.67. The number of hydroxylamine groups is 1. The molecule has 0 aromatic heterocycles. The van der Waals surface area contributed by atoms with Gasteiger partial charge in [0.25, 0.3) is 0 Å². The number of ether oxygens (including phenoxy) is 16. The van der Waals surface area contributed by atoms with E-state index in [4.69, 9.17) is 97.2 Å². The van der Waals surface area contributed by atoms with Crippen molar-refractivity contribution in [2.45, 2.75) is 239 Å². The second-order valence-corrected chi connectivity index (χ2v) is 37.9. The molecule has 24 atom stereocenters. The van der Waals surface area contributed by atoms with E-state index in [1.165, 1.54) is 105 Å². The third-order valence-corrected chi connectivity index (χ3v) is 28.1. The lowest BCUT2D eigenvalue weighted by atomic mass is 9.68. The SMILES string of the molecule is CCN(C(=O)CNC(=O)OCc1ccc(NC(=O)[C@H](CC(N)=O)NC(=O)[C@H](C)NC(=O)[C@H](C)N)cc1)C1COCC(OC2C(O[C@H]3C#C/C=C\C#C[C@]4(O)CC(=O)C(NC(=O)OC)C3/C4=C\CSSC(C)(C)CC(=O)NCCOCCOCCOCCO)OC(C)C(NOC3CC(O)C(SC(=O)c4c(C)c(I)c(OC5OC(C)C(O)C(OC)C5O)c(OC)c4OC)C(C)O3)C2O)C1OC. The number of aliphatic hydroxyl groups excluding tert-OH is 5. The zero-order chi connectivity index (χ0) is 98.4. The normalized spacial score (nSPS) is 28.5. The number of benzene rings is 2. The number of fused-ring (bicyclic) bond motifs is 2. The van der Waals surface area contributed by atoms with Crippen LogP contribution in [0.5, 0.6) is 17.2 Å². The fourth-order valence-electron chi connectivity index (χ4n) is 15.4. The second kappa shape index (κ2) is 53.9. The predicted molar refractivity (Wildman–Crippen MR) is 492 cm³/mol. The highest BCUT2D eigenvalue weighted by Gasteiger charge is 2.56. The zero-order valence-electron chi connectivity index (χ0n) is 77.0. The van der Waals surface area contributed by atoms with Crippen LogP contribution in [0, 0.1) is 40.1 Å². The number of Topliss-reactive ketones (excluding diaryl/α,β-unsaturated/α-hetero) is 1. The smallest absolute Gasteiger partial charge is 0.407 e. The van der Waals surface area contributed by atoms with Crippen molar-refractivity contribution in [2.24, 2.45) is 17.4 Å². The number of alkyl carbamates (subject to hydrolysis) is 2. The Balaban J connectivity index is 1.02. The van der Waals surface area contributed by atoms with E-state index in [0.717, 1.165) is 18.9 Å². The monoisotopic (exact) mass is 2060 g/mol. The Morgan fingerprint density at radius 1 is 0.776 bits per heavy atom. The van der Waals surface area contributed by atoms with E-state index in [0.29, 0.717) is 34.5 Å². The molecule has 0 radical (unpaired) electrons. The highest BCUT2D eigenvalue weighted by Crippen LogP contribution is 2.50. The summed E-state index contributed by atoms with van der Waals surface area (Å²) in [5.74, 6) is 5.48. The first-order valence-corrected chi connectivity index (χ1v) is 47.6. The van der Waals surface area contributed by atoms with E-state index in [1.54, 1.807) is 40.7 Å². The molecule has 8 rings (SSSR count). The summed E-state index contributed by atoms with van der Waals surface area (Å²) in [6.07, 6.45) is -18.9. The maximum absolute atomic E-state index is 14.8. The molecular formula is C87H125IN10O33S3. The van der Waals surface area contributed by atoms with Crippen LogP contribution in [0.2, 0.25) is 0 Å². The molecule has 43 nitrogen and oxygen atoms in total. The molecule has 5 fully saturated rings. The van der Waals surface area contributed by atoms with Crippen LogP contribution in [-0.4, -0.2) is 358 Å². The molecule has 4 saturated heterocycles. The molecule has 2 aliphatic carbocycles. The van der Waals surface area contributed by atoms with Gasteiger partial charge in [-0.25, -0.2) is 9.59 Å². The van der Waals surface area contributed by atoms with Crippen LogP contribution in [0.3, 0.4) is 0 Å². The summed E-state index contributed by atoms with van der Waals surface area (Å²) in [5.41, 5.74) is 12.8. The third kappa shape index (κ3) is 31.1. The van der Waals surface area contributed by atoms with Crippen molar-refractivity contribution in [3.8, 4) is 40.9 Å². The summed E-state index contributed by atoms with van der Waals surface area (Å²) in [7, 11) is 9.09. The first-order valence-electron chi connectivity index (χ1n) is 43.3. The Morgan fingerprint density at radius 3 is 2.09 bits per heavy atom. The number of aliphatic hydroxyl groups is 6. The third-order valence-electron chi connectivity index (χ3n) is 22.2. The van der Waals surface area contributed by atoms with Crippen molar-refractivity contribution in [1.82, 2.24) is 37.0 Å². The standard InChI is InChI=1S/C87H125IN10O33S3/c1-15-98(61(104)40-92-84(112)124-41-50-21-23-51(24-22-50)94-80(110)53(36-59(90)102)95-79(109)46(4)93-78(108)45(3)89)54-42-123-43-58(71(54)115-10)128-75-69(106)66(97-131-62-37-55(100)77(49(7)125-62)133-81(111)63-44(2)65(88)73(76(118-13)72(63)116-11)130-82-70(107)74(117-12)68(105)48(6)127-82)47(5)126-83(75)129-57-20-18-16-17-19-26-87(114)38-56(101)67(96-85(113)119-14)64(57)52(87)25-35-132-134-86(8,9)39-60(103)91-27-29-120-31-33-122-34-32-121-30-28-99/h16-17,21-25,45-49,53-55,57-58,62,64,66-71,74-75,77,82-83,97,99-100,105-107,114H,15,27-43,89H2,1-14H3,(H2,90,102)(H,91,103)(H,92,112)(H,93,108)(H,94,110)(H,95,109)(H,96,113)/b17-16-,52-25+/t45-,46-,47?,48?,49?,53-,54?,55?,57-,58?,62?,64?,66?,67?,68?,69?,70?,71?,74?,75?,77?,82?,83?,87-/m0/s1. The number of hydrogen-bond acceptors (Lipinski definition) is 38. The van der Waals surface area contributed by atoms with E-state index in [9.17, 15) is 73.5 Å². The summed E-state index contributed by atoms with van der Waals surface area (Å²) in [6.45, 7) is 15.0. The van der Waals surface area contributed by atoms with Gasteiger partial charge in [0.1, 0.15) is 80.1 Å². The molecule has 746 valence electrons. The highest BCUT2D eigenvalue weighted by molar-refractivity contribution is 14.1. The van der Waals surface area contributed by atoms with E-state index in [1.807, 2.05) is 36.4 Å². The van der Waals surface area contributed by atoms with Gasteiger partial charge in [-0.3, -0.25) is 43.2 Å². The number of halogens is 1. The number of nitrogens with zero attached hydrogens (tertiary/aromatic N) is 1. The summed E-state index contributed by atoms with van der Waals surface area (Å²) in [5, 5.41) is 82.6. The molecule has 8 amide bonds. The van der Waals surface area contributed by atoms with Gasteiger partial charge < -0.3 is 155 Å². The van der Waals surface area contributed by atoms with Crippen molar-refractivity contribution in [2.75, 3.05) is 126 Å². The number of nitrogens with one attached hydrogen (secondary N) is 7. The van der Waals surface area contributed by atoms with Crippen LogP contribution < -0.4 is 63.1 Å². The lowest BCUT2D eigenvalue weighted by Gasteiger charge is -2.49. The minimum Gasteiger partial charge on any atom is -0.492 e. The molecule has 2 bridgehead atoms. The van der Waals surface area contributed by atoms with Gasteiger partial charge in [-0.2, -0.15) is 5.48 Å². The number of carbonyl (C=O) groups is 10. The Kier molecular flexibility index (Phi) is 44.8. The molecule has 17 N–H and O–H groups in total. The van der Waals surface area contributed by atoms with Crippen molar-refractivity contribution in [1.29, 1.82) is 0 Å². The number of primary amides is 1. The number of methoxy groups -OCH3 is 5. The molecule has 0 spiro atoms. The van der Waals surface area contributed by atoms with Crippen molar-refractivity contribution in [3.63, 3.8) is 0 Å². The van der Waals surface area contributed by atoms with Gasteiger partial charge in [0, 0.05) is 62.3 Å². The van der Waals surface area contributed by atoms with E-state index in [-0.39, 0.29) is 118 Å². The number of nitrogens with two attached hydrogens (primary N) is 2. The average molecular weight is 2060 g/mol. The molecular weight excluding hydrogens is 1940 g/mol. The lowest BCUT2D eigenvalue weighted by molar-refractivity contribution is -0.326. The summed E-state index contributed by atoms with van der Waals surface area (Å²) >= 11 is 2.72. The Labute approximate surface area is 802 Å². The quantitative estimate of drug-likeness (QED) is 0.0103. The summed E-state index contributed by atoms with van der Waals surface area (Å²) < 4.78 is 95.1. The molecule has 4 heterocycles. The Bertz CT molecular complexity index is 4500. The van der Waals surface area contributed by atoms with Crippen molar-refractivity contribution < 1.29 is 159 Å². The number of carbonyl (C=O) groups excluding carboxylic acids is 10. The number of hydrogen-bond donors (Lipinski definition) is 15. The summed E-state index contributed by atoms with van der Waals surface area (Å²) in [6, 6.07) is -1.43. The van der Waals surface area contributed by atoms with Gasteiger partial charge in [-0.15, -0.1) is 0 Å². The predicted octanol–water partition coefficient (Wildman–Crippen LogP) is -0.0551. The fourth-order valence-corrected chi connectivity index (χ4v) is 19.5. The van der Waals surface area contributed by atoms with Gasteiger partial charge in [0.2, 0.25) is 52.6 Å². The molecule has 47 heteroatoms. The Morgan fingerprint density at radius 2 is 1.45 bits per heavy atom. The average Bonchev–Trinajstić information content (AvgIpc) is 0.750. The van der Waals surface area contributed by atoms with Crippen molar-refractivity contribution >= 4 is 120 Å². The Hall–Kier alpha value is -7.88. The minimum absolute atomic E-state index is 0.00362. The van der Waals surface area contributed by atoms with E-state index in [2.05, 4.69) is 61.1 Å². The molecule has 4 aliphatic heterocycles. The van der Waals surface area contributed by atoms with Gasteiger partial charge >= 0.3 is 12.2 Å². The van der Waals surface area contributed by atoms with Crippen molar-refractivity contribution in [3.05, 3.63) is 68.3 Å². The minimum atomic E-state index is -2.24. The number of rotatable bonds is 47. The number of ketones is 1. The maximum Gasteiger partial charge on any atom is 0.407 e. The zero-order valence-corrected chi connectivity index (χ0v) is 81.6. The number of allylic oxidation sites excluding steroid dienone is 2. The maximum atomic E-state index is 14.8. The molecule has 2 aromatic rings. The van der Waals surface area contributed by atoms with Crippen LogP contribution in [0.25, 0.3) is 0 Å². The van der Waals surface area contributed by atoms with Gasteiger partial charge in [-0.05, 0) is 126 Å². The topological polar surface area (TPSA) is 588 Å². The molecule has 1 saturated carbocycles.